The van der Waals surface area contributed by atoms with Crippen molar-refractivity contribution in [1.29, 1.82) is 5.26 Å². The molecule has 0 bridgehead atoms. The van der Waals surface area contributed by atoms with E-state index in [-0.39, 0.29) is 33.5 Å². The standard InChI is InChI=1S/C17H16ClN5O3/c1-17(2,3)14-13-12(9-6-8(23(24)25)4-5-11(9)18)10(7-19)15(20)26-16(13)22-21-14/h4-6,12H,20H2,1-3H3,(H,21,22). The van der Waals surface area contributed by atoms with Crippen molar-refractivity contribution in [2.45, 2.75) is 32.1 Å². The van der Waals surface area contributed by atoms with E-state index < -0.39 is 10.8 Å². The number of allylic oxidation sites excluding steroid dienone is 1. The fraction of sp³-hybridized carbons (Fsp3) is 0.294. The van der Waals surface area contributed by atoms with Gasteiger partial charge in [0, 0.05) is 28.3 Å². The molecule has 2 aromatic rings. The van der Waals surface area contributed by atoms with Gasteiger partial charge >= 0.3 is 0 Å². The molecule has 9 heteroatoms. The van der Waals surface area contributed by atoms with E-state index in [1.807, 2.05) is 26.8 Å². The van der Waals surface area contributed by atoms with Crippen LogP contribution in [0, 0.1) is 21.4 Å². The molecule has 1 aliphatic rings. The van der Waals surface area contributed by atoms with Gasteiger partial charge in [0.05, 0.1) is 16.4 Å². The number of non-ortho nitro benzene ring substituents is 1. The number of benzene rings is 1. The number of nitriles is 1. The Morgan fingerprint density at radius 2 is 2.15 bits per heavy atom. The van der Waals surface area contributed by atoms with Crippen molar-refractivity contribution in [2.75, 3.05) is 0 Å². The number of H-pyrrole nitrogens is 1. The second-order valence-electron chi connectivity index (χ2n) is 6.96. The molecule has 8 nitrogen and oxygen atoms in total. The molecule has 0 fully saturated rings. The largest absolute Gasteiger partial charge is 0.420 e. The molecule has 134 valence electrons. The van der Waals surface area contributed by atoms with Crippen LogP contribution in [0.4, 0.5) is 5.69 Å². The zero-order chi connectivity index (χ0) is 19.2. The van der Waals surface area contributed by atoms with Crippen LogP contribution in [0.2, 0.25) is 5.02 Å². The zero-order valence-corrected chi connectivity index (χ0v) is 15.1. The summed E-state index contributed by atoms with van der Waals surface area (Å²) in [5.74, 6) is -0.581. The fourth-order valence-electron chi connectivity index (χ4n) is 2.99. The third-order valence-electron chi connectivity index (χ3n) is 4.19. The number of nitrogens with zero attached hydrogens (tertiary/aromatic N) is 3. The predicted molar refractivity (Wildman–Crippen MR) is 94.7 cm³/mol. The van der Waals surface area contributed by atoms with E-state index in [0.29, 0.717) is 11.1 Å². The maximum Gasteiger partial charge on any atom is 0.269 e. The van der Waals surface area contributed by atoms with Gasteiger partial charge < -0.3 is 10.5 Å². The fourth-order valence-corrected chi connectivity index (χ4v) is 3.22. The number of nitro groups is 1. The molecule has 0 spiro atoms. The van der Waals surface area contributed by atoms with Crippen LogP contribution in [0.5, 0.6) is 5.88 Å². The number of halogens is 1. The molecule has 0 aliphatic carbocycles. The van der Waals surface area contributed by atoms with Gasteiger partial charge in [0.2, 0.25) is 11.8 Å². The van der Waals surface area contributed by atoms with Crippen LogP contribution < -0.4 is 10.5 Å². The number of ether oxygens (including phenoxy) is 1. The van der Waals surface area contributed by atoms with Crippen molar-refractivity contribution < 1.29 is 9.66 Å². The molecule has 26 heavy (non-hydrogen) atoms. The van der Waals surface area contributed by atoms with Crippen molar-refractivity contribution in [2.24, 2.45) is 5.73 Å². The SMILES string of the molecule is CC(C)(C)c1[nH]nc2c1C(c1cc([N+](=O)[O-])ccc1Cl)C(C#N)=C(N)O2. The van der Waals surface area contributed by atoms with Crippen LogP contribution in [-0.2, 0) is 5.41 Å². The molecule has 0 radical (unpaired) electrons. The van der Waals surface area contributed by atoms with Crippen molar-refractivity contribution >= 4 is 17.3 Å². The molecule has 3 rings (SSSR count). The zero-order valence-electron chi connectivity index (χ0n) is 14.3. The Bertz CT molecular complexity index is 981. The first-order chi connectivity index (χ1) is 12.1. The number of fused-ring (bicyclic) bond motifs is 1. The number of rotatable bonds is 2. The van der Waals surface area contributed by atoms with Gasteiger partial charge in [-0.1, -0.05) is 32.4 Å². The molecule has 0 saturated carbocycles. The van der Waals surface area contributed by atoms with Crippen molar-refractivity contribution in [3.63, 3.8) is 0 Å². The Morgan fingerprint density at radius 1 is 1.46 bits per heavy atom. The van der Waals surface area contributed by atoms with Crippen LogP contribution in [0.3, 0.4) is 0 Å². The second-order valence-corrected chi connectivity index (χ2v) is 7.36. The first kappa shape index (κ1) is 17.8. The van der Waals surface area contributed by atoms with Gasteiger partial charge in [-0.25, -0.2) is 0 Å². The highest BCUT2D eigenvalue weighted by atomic mass is 35.5. The first-order valence-corrected chi connectivity index (χ1v) is 8.13. The highest BCUT2D eigenvalue weighted by Gasteiger charge is 2.39. The van der Waals surface area contributed by atoms with Crippen LogP contribution in [0.1, 0.15) is 43.5 Å². The van der Waals surface area contributed by atoms with Crippen molar-refractivity contribution in [1.82, 2.24) is 10.2 Å². The minimum Gasteiger partial charge on any atom is -0.420 e. The van der Waals surface area contributed by atoms with E-state index in [4.69, 9.17) is 22.1 Å². The number of nitrogens with two attached hydrogens (primary N) is 1. The lowest BCUT2D eigenvalue weighted by molar-refractivity contribution is -0.384. The minimum atomic E-state index is -0.718. The summed E-state index contributed by atoms with van der Waals surface area (Å²) in [4.78, 5) is 10.7. The number of nitro benzene ring substituents is 1. The third kappa shape index (κ3) is 2.76. The van der Waals surface area contributed by atoms with Crippen molar-refractivity contribution in [3.8, 4) is 11.9 Å². The summed E-state index contributed by atoms with van der Waals surface area (Å²) in [6.07, 6.45) is 0. The third-order valence-corrected chi connectivity index (χ3v) is 4.53. The van der Waals surface area contributed by atoms with E-state index >= 15 is 0 Å². The highest BCUT2D eigenvalue weighted by molar-refractivity contribution is 6.31. The van der Waals surface area contributed by atoms with Crippen LogP contribution >= 0.6 is 11.6 Å². The van der Waals surface area contributed by atoms with Gasteiger partial charge in [-0.2, -0.15) is 5.26 Å². The maximum absolute atomic E-state index is 11.2. The van der Waals surface area contributed by atoms with Gasteiger partial charge in [-0.05, 0) is 11.6 Å². The molecule has 0 saturated heterocycles. The Balaban J connectivity index is 2.33. The quantitative estimate of drug-likeness (QED) is 0.611. The van der Waals surface area contributed by atoms with Gasteiger partial charge in [0.15, 0.2) is 0 Å². The van der Waals surface area contributed by atoms with E-state index in [0.717, 1.165) is 5.69 Å². The number of hydrogen-bond donors (Lipinski definition) is 2. The van der Waals surface area contributed by atoms with Gasteiger partial charge in [-0.15, -0.1) is 5.10 Å². The molecular weight excluding hydrogens is 358 g/mol. The monoisotopic (exact) mass is 373 g/mol. The lowest BCUT2D eigenvalue weighted by Gasteiger charge is -2.27. The molecule has 1 unspecified atom stereocenters. The summed E-state index contributed by atoms with van der Waals surface area (Å²) >= 11 is 6.34. The van der Waals surface area contributed by atoms with Crippen molar-refractivity contribution in [3.05, 3.63) is 61.6 Å². The number of aromatic nitrogens is 2. The van der Waals surface area contributed by atoms with E-state index in [9.17, 15) is 15.4 Å². The Labute approximate surface area is 154 Å². The molecule has 1 aromatic carbocycles. The number of hydrogen-bond acceptors (Lipinski definition) is 6. The smallest absolute Gasteiger partial charge is 0.269 e. The predicted octanol–water partition coefficient (Wildman–Crippen LogP) is 3.49. The molecular formula is C17H16ClN5O3. The summed E-state index contributed by atoms with van der Waals surface area (Å²) in [6, 6.07) is 6.15. The Hall–Kier alpha value is -3.05. The van der Waals surface area contributed by atoms with Gasteiger partial charge in [0.25, 0.3) is 5.69 Å². The summed E-state index contributed by atoms with van der Waals surface area (Å²) in [7, 11) is 0. The molecule has 1 aliphatic heterocycles. The number of nitrogens with one attached hydrogen (secondary N) is 1. The summed E-state index contributed by atoms with van der Waals surface area (Å²) < 4.78 is 5.50. The average Bonchev–Trinajstić information content (AvgIpc) is 2.97. The van der Waals surface area contributed by atoms with E-state index in [1.54, 1.807) is 0 Å². The molecule has 1 atom stereocenters. The second kappa shape index (κ2) is 6.04. The average molecular weight is 374 g/mol. The van der Waals surface area contributed by atoms with Gasteiger partial charge in [0.1, 0.15) is 11.6 Å². The molecule has 0 amide bonds. The lowest BCUT2D eigenvalue weighted by atomic mass is 9.78. The van der Waals surface area contributed by atoms with E-state index in [2.05, 4.69) is 10.2 Å². The maximum atomic E-state index is 11.2. The van der Waals surface area contributed by atoms with E-state index in [1.165, 1.54) is 18.2 Å². The lowest BCUT2D eigenvalue weighted by Crippen LogP contribution is -2.24. The topological polar surface area (TPSA) is 131 Å². The first-order valence-electron chi connectivity index (χ1n) is 7.75. The summed E-state index contributed by atoms with van der Waals surface area (Å²) in [5.41, 5.74) is 7.30. The summed E-state index contributed by atoms with van der Waals surface area (Å²) in [6.45, 7) is 5.92. The normalized spacial score (nSPS) is 16.7. The molecule has 3 N–H and O–H groups in total. The minimum absolute atomic E-state index is 0.0977. The highest BCUT2D eigenvalue weighted by Crippen LogP contribution is 2.47. The Morgan fingerprint density at radius 3 is 2.73 bits per heavy atom. The molecule has 1 aromatic heterocycles. The van der Waals surface area contributed by atoms with Crippen LogP contribution in [0.15, 0.2) is 29.7 Å². The van der Waals surface area contributed by atoms with Gasteiger partial charge in [-0.3, -0.25) is 15.2 Å². The Kier molecular flexibility index (Phi) is 4.12. The number of aromatic amines is 1. The van der Waals surface area contributed by atoms with Crippen LogP contribution in [0.25, 0.3) is 0 Å². The summed E-state index contributed by atoms with van der Waals surface area (Å²) in [5, 5.41) is 28.2. The van der Waals surface area contributed by atoms with Crippen LogP contribution in [-0.4, -0.2) is 15.1 Å². The molecule has 2 heterocycles.